The first kappa shape index (κ1) is 19.8. The van der Waals surface area contributed by atoms with Gasteiger partial charge in [0.2, 0.25) is 0 Å². The summed E-state index contributed by atoms with van der Waals surface area (Å²) in [4.78, 5) is 14.7. The van der Waals surface area contributed by atoms with Crippen molar-refractivity contribution in [2.24, 2.45) is 0 Å². The molecule has 1 amide bonds. The van der Waals surface area contributed by atoms with Crippen LogP contribution in [0.25, 0.3) is 0 Å². The number of amides is 1. The van der Waals surface area contributed by atoms with Crippen LogP contribution in [0.3, 0.4) is 0 Å². The van der Waals surface area contributed by atoms with Crippen LogP contribution >= 0.6 is 11.3 Å². The number of anilines is 1. The van der Waals surface area contributed by atoms with Gasteiger partial charge in [0.15, 0.2) is 0 Å². The Morgan fingerprint density at radius 2 is 2.31 bits per heavy atom. The molecule has 6 nitrogen and oxygen atoms in total. The molecule has 0 saturated carbocycles. The second kappa shape index (κ2) is 8.86. The van der Waals surface area contributed by atoms with Gasteiger partial charge >= 0.3 is 0 Å². The van der Waals surface area contributed by atoms with Gasteiger partial charge in [-0.15, -0.1) is 0 Å². The molecule has 0 bridgehead atoms. The number of likely N-dealkylation sites (tertiary alicyclic amines) is 1. The molecule has 1 N–H and O–H groups in total. The summed E-state index contributed by atoms with van der Waals surface area (Å²) in [6.45, 7) is 2.42. The van der Waals surface area contributed by atoms with Crippen molar-refractivity contribution in [3.63, 3.8) is 0 Å². The summed E-state index contributed by atoms with van der Waals surface area (Å²) >= 11 is 1.70. The Labute approximate surface area is 172 Å². The van der Waals surface area contributed by atoms with Gasteiger partial charge in [-0.25, -0.2) is 4.39 Å². The molecule has 1 aliphatic heterocycles. The first-order valence-electron chi connectivity index (χ1n) is 9.47. The minimum Gasteiger partial charge on any atom is -0.383 e. The highest BCUT2D eigenvalue weighted by Crippen LogP contribution is 2.29. The Morgan fingerprint density at radius 3 is 3.07 bits per heavy atom. The number of hydrogen-bond acceptors (Lipinski definition) is 5. The van der Waals surface area contributed by atoms with Crippen LogP contribution in [0.5, 0.6) is 0 Å². The van der Waals surface area contributed by atoms with Crippen LogP contribution in [-0.4, -0.2) is 46.9 Å². The Kier molecular flexibility index (Phi) is 6.03. The number of rotatable bonds is 7. The fourth-order valence-corrected chi connectivity index (χ4v) is 4.42. The molecular formula is C21H23FN4O2S. The van der Waals surface area contributed by atoms with E-state index in [-0.39, 0.29) is 17.5 Å². The van der Waals surface area contributed by atoms with Crippen molar-refractivity contribution in [2.45, 2.75) is 25.0 Å². The van der Waals surface area contributed by atoms with E-state index in [9.17, 15) is 9.18 Å². The maximum atomic E-state index is 13.3. The highest BCUT2D eigenvalue weighted by Gasteiger charge is 2.33. The zero-order valence-electron chi connectivity index (χ0n) is 16.1. The molecule has 2 aromatic heterocycles. The average molecular weight is 415 g/mol. The first-order valence-corrected chi connectivity index (χ1v) is 10.4. The number of aromatic nitrogens is 2. The highest BCUT2D eigenvalue weighted by molar-refractivity contribution is 7.07. The smallest absolute Gasteiger partial charge is 0.255 e. The molecule has 152 valence electrons. The number of nitrogens with one attached hydrogen (secondary N) is 1. The molecular weight excluding hydrogens is 391 g/mol. The lowest BCUT2D eigenvalue weighted by atomic mass is 10.2. The number of benzene rings is 1. The largest absolute Gasteiger partial charge is 0.383 e. The summed E-state index contributed by atoms with van der Waals surface area (Å²) < 4.78 is 20.7. The van der Waals surface area contributed by atoms with Crippen LogP contribution in [0.4, 0.5) is 10.1 Å². The fourth-order valence-electron chi connectivity index (χ4n) is 3.76. The van der Waals surface area contributed by atoms with Gasteiger partial charge in [-0.2, -0.15) is 16.4 Å². The van der Waals surface area contributed by atoms with E-state index in [1.165, 1.54) is 23.8 Å². The van der Waals surface area contributed by atoms with E-state index in [4.69, 9.17) is 4.74 Å². The van der Waals surface area contributed by atoms with Crippen LogP contribution in [0.2, 0.25) is 0 Å². The zero-order valence-corrected chi connectivity index (χ0v) is 16.9. The maximum Gasteiger partial charge on any atom is 0.255 e. The van der Waals surface area contributed by atoms with Crippen LogP contribution in [0, 0.1) is 5.82 Å². The summed E-state index contributed by atoms with van der Waals surface area (Å²) in [5.74, 6) is -0.791. The molecule has 0 spiro atoms. The third-order valence-corrected chi connectivity index (χ3v) is 5.88. The zero-order chi connectivity index (χ0) is 20.2. The van der Waals surface area contributed by atoms with Gasteiger partial charge in [0.1, 0.15) is 5.82 Å². The molecule has 1 fully saturated rings. The Hall–Kier alpha value is -2.55. The van der Waals surface area contributed by atoms with E-state index in [0.717, 1.165) is 19.5 Å². The third kappa shape index (κ3) is 4.72. The SMILES string of the molecule is COC[C@@H]1C[C@H](n2cc(NC(=O)c3cccc(F)c3)cn2)CN1Cc1ccsc1. The predicted octanol–water partition coefficient (Wildman–Crippen LogP) is 3.80. The number of ether oxygens (including phenoxy) is 1. The molecule has 2 atom stereocenters. The summed E-state index contributed by atoms with van der Waals surface area (Å²) in [6.07, 6.45) is 4.39. The van der Waals surface area contributed by atoms with Crippen LogP contribution < -0.4 is 5.32 Å². The average Bonchev–Trinajstić information content (AvgIpc) is 3.45. The van der Waals surface area contributed by atoms with E-state index in [1.807, 2.05) is 10.9 Å². The maximum absolute atomic E-state index is 13.3. The molecule has 0 radical (unpaired) electrons. The van der Waals surface area contributed by atoms with Gasteiger partial charge in [0, 0.05) is 38.0 Å². The van der Waals surface area contributed by atoms with E-state index in [1.54, 1.807) is 30.7 Å². The van der Waals surface area contributed by atoms with E-state index < -0.39 is 5.82 Å². The van der Waals surface area contributed by atoms with Crippen LogP contribution in [0.15, 0.2) is 53.5 Å². The topological polar surface area (TPSA) is 59.4 Å². The Balaban J connectivity index is 1.42. The summed E-state index contributed by atoms with van der Waals surface area (Å²) in [6, 6.07) is 8.30. The molecule has 29 heavy (non-hydrogen) atoms. The van der Waals surface area contributed by atoms with Crippen molar-refractivity contribution in [1.82, 2.24) is 14.7 Å². The van der Waals surface area contributed by atoms with Crippen molar-refractivity contribution in [3.05, 3.63) is 70.4 Å². The monoisotopic (exact) mass is 414 g/mol. The number of carbonyl (C=O) groups is 1. The Morgan fingerprint density at radius 1 is 1.41 bits per heavy atom. The number of methoxy groups -OCH3 is 1. The first-order chi connectivity index (χ1) is 14.1. The number of nitrogens with zero attached hydrogens (tertiary/aromatic N) is 3. The third-order valence-electron chi connectivity index (χ3n) is 5.15. The van der Waals surface area contributed by atoms with Crippen molar-refractivity contribution in [1.29, 1.82) is 0 Å². The minimum absolute atomic E-state index is 0.202. The molecule has 0 aliphatic carbocycles. The number of thiophene rings is 1. The van der Waals surface area contributed by atoms with Crippen molar-refractivity contribution >= 4 is 22.9 Å². The molecule has 3 heterocycles. The lowest BCUT2D eigenvalue weighted by molar-refractivity contribution is 0.102. The number of halogens is 1. The quantitative estimate of drug-likeness (QED) is 0.639. The molecule has 3 aromatic rings. The van der Waals surface area contributed by atoms with Gasteiger partial charge in [-0.05, 0) is 47.0 Å². The van der Waals surface area contributed by atoms with Gasteiger partial charge in [0.05, 0.1) is 24.5 Å². The van der Waals surface area contributed by atoms with Gasteiger partial charge in [0.25, 0.3) is 5.91 Å². The lowest BCUT2D eigenvalue weighted by Gasteiger charge is -2.22. The van der Waals surface area contributed by atoms with Gasteiger partial charge in [-0.3, -0.25) is 14.4 Å². The van der Waals surface area contributed by atoms with Gasteiger partial charge < -0.3 is 10.1 Å². The summed E-state index contributed by atoms with van der Waals surface area (Å²) in [5, 5.41) is 11.5. The molecule has 8 heteroatoms. The number of carbonyl (C=O) groups excluding carboxylic acids is 1. The minimum atomic E-state index is -0.436. The Bertz CT molecular complexity index is 959. The molecule has 1 aliphatic rings. The van der Waals surface area contributed by atoms with Crippen molar-refractivity contribution in [2.75, 3.05) is 25.6 Å². The number of hydrogen-bond donors (Lipinski definition) is 1. The second-order valence-corrected chi connectivity index (χ2v) is 8.01. The molecule has 1 saturated heterocycles. The van der Waals surface area contributed by atoms with Crippen LogP contribution in [-0.2, 0) is 11.3 Å². The van der Waals surface area contributed by atoms with Crippen molar-refractivity contribution < 1.29 is 13.9 Å². The lowest BCUT2D eigenvalue weighted by Crippen LogP contribution is -2.32. The summed E-state index contributed by atoms with van der Waals surface area (Å²) in [5.41, 5.74) is 2.18. The molecule has 4 rings (SSSR count). The molecule has 0 unspecified atom stereocenters. The summed E-state index contributed by atoms with van der Waals surface area (Å²) in [7, 11) is 1.73. The predicted molar refractivity (Wildman–Crippen MR) is 111 cm³/mol. The van der Waals surface area contributed by atoms with Crippen molar-refractivity contribution in [3.8, 4) is 0 Å². The van der Waals surface area contributed by atoms with E-state index in [2.05, 4.69) is 32.1 Å². The standard InChI is InChI=1S/C21H23FN4O2S/c1-28-13-20-8-19(12-25(20)10-15-5-6-29-14-15)26-11-18(9-23-26)24-21(27)16-3-2-4-17(22)7-16/h2-7,9,11,14,19-20H,8,10,12-13H2,1H3,(H,24,27)/t19-,20-/m0/s1. The normalized spacial score (nSPS) is 19.5. The van der Waals surface area contributed by atoms with Gasteiger partial charge in [-0.1, -0.05) is 6.07 Å². The van der Waals surface area contributed by atoms with E-state index >= 15 is 0 Å². The fraction of sp³-hybridized carbons (Fsp3) is 0.333. The highest BCUT2D eigenvalue weighted by atomic mass is 32.1. The van der Waals surface area contributed by atoms with Crippen LogP contribution in [0.1, 0.15) is 28.4 Å². The second-order valence-electron chi connectivity index (χ2n) is 7.23. The van der Waals surface area contributed by atoms with E-state index in [0.29, 0.717) is 18.3 Å². The molecule has 1 aromatic carbocycles.